The molecular formula is C18H18N4O5. The average Bonchev–Trinajstić information content (AvgIpc) is 3.10. The molecule has 0 saturated heterocycles. The van der Waals surface area contributed by atoms with Crippen LogP contribution in [0.5, 0.6) is 0 Å². The molecule has 0 unspecified atom stereocenters. The summed E-state index contributed by atoms with van der Waals surface area (Å²) in [7, 11) is 2.52. The Morgan fingerprint density at radius 3 is 2.63 bits per heavy atom. The topological polar surface area (TPSA) is 123 Å². The Hall–Kier alpha value is -3.49. The first kappa shape index (κ1) is 18.3. The molecule has 2 aromatic heterocycles. The Bertz CT molecular complexity index is 990. The molecule has 0 bridgehead atoms. The lowest BCUT2D eigenvalue weighted by Crippen LogP contribution is -2.11. The van der Waals surface area contributed by atoms with Crippen molar-refractivity contribution >= 4 is 35.3 Å². The zero-order chi connectivity index (χ0) is 19.7. The number of H-pyrrole nitrogens is 1. The minimum Gasteiger partial charge on any atom is -0.469 e. The predicted molar refractivity (Wildman–Crippen MR) is 95.9 cm³/mol. The van der Waals surface area contributed by atoms with E-state index in [0.29, 0.717) is 39.7 Å². The lowest BCUT2D eigenvalue weighted by atomic mass is 10.0. The van der Waals surface area contributed by atoms with Crippen LogP contribution >= 0.6 is 0 Å². The molecule has 1 amide bonds. The van der Waals surface area contributed by atoms with Crippen LogP contribution in [0, 0.1) is 13.8 Å². The van der Waals surface area contributed by atoms with Gasteiger partial charge in [-0.3, -0.25) is 9.59 Å². The van der Waals surface area contributed by atoms with Gasteiger partial charge in [-0.15, -0.1) is 0 Å². The van der Waals surface area contributed by atoms with Crippen molar-refractivity contribution in [2.24, 2.45) is 0 Å². The van der Waals surface area contributed by atoms with Crippen molar-refractivity contribution in [1.82, 2.24) is 15.0 Å². The number of nitrogens with one attached hydrogen (secondary N) is 2. The van der Waals surface area contributed by atoms with E-state index in [4.69, 9.17) is 9.47 Å². The van der Waals surface area contributed by atoms with Gasteiger partial charge >= 0.3 is 11.9 Å². The number of rotatable bonds is 4. The third kappa shape index (κ3) is 3.31. The number of hydrogen-bond donors (Lipinski definition) is 2. The Balaban J connectivity index is 2.14. The van der Waals surface area contributed by atoms with Gasteiger partial charge in [0.25, 0.3) is 5.91 Å². The number of carbonyl (C=O) groups is 3. The van der Waals surface area contributed by atoms with Gasteiger partial charge in [-0.1, -0.05) is 0 Å². The van der Waals surface area contributed by atoms with Crippen molar-refractivity contribution in [2.45, 2.75) is 20.3 Å². The summed E-state index contributed by atoms with van der Waals surface area (Å²) < 4.78 is 9.55. The third-order valence-corrected chi connectivity index (χ3v) is 4.25. The second-order valence-corrected chi connectivity index (χ2v) is 5.95. The molecule has 0 saturated carbocycles. The van der Waals surface area contributed by atoms with Gasteiger partial charge in [0.2, 0.25) is 0 Å². The van der Waals surface area contributed by atoms with E-state index >= 15 is 0 Å². The van der Waals surface area contributed by atoms with Crippen molar-refractivity contribution in [3.8, 4) is 0 Å². The molecule has 1 aliphatic rings. The van der Waals surface area contributed by atoms with E-state index in [1.807, 2.05) is 0 Å². The number of aromatic nitrogens is 3. The summed E-state index contributed by atoms with van der Waals surface area (Å²) >= 11 is 0. The second kappa shape index (κ2) is 7.02. The molecule has 3 rings (SSSR count). The number of aromatic amines is 1. The maximum atomic E-state index is 12.4. The van der Waals surface area contributed by atoms with Crippen LogP contribution in [0.15, 0.2) is 6.20 Å². The number of fused-ring (bicyclic) bond motifs is 1. The first-order valence-corrected chi connectivity index (χ1v) is 8.09. The highest BCUT2D eigenvalue weighted by Gasteiger charge is 2.29. The van der Waals surface area contributed by atoms with Gasteiger partial charge in [0.15, 0.2) is 0 Å². The summed E-state index contributed by atoms with van der Waals surface area (Å²) in [5.74, 6) is -0.529. The highest BCUT2D eigenvalue weighted by molar-refractivity contribution is 6.34. The normalized spacial score (nSPS) is 14.1. The van der Waals surface area contributed by atoms with Gasteiger partial charge in [-0.25, -0.2) is 14.8 Å². The molecule has 0 aliphatic carbocycles. The Morgan fingerprint density at radius 2 is 1.96 bits per heavy atom. The van der Waals surface area contributed by atoms with Crippen LogP contribution in [0.1, 0.15) is 38.7 Å². The number of nitrogens with zero attached hydrogens (tertiary/aromatic N) is 2. The third-order valence-electron chi connectivity index (χ3n) is 4.25. The predicted octanol–water partition coefficient (Wildman–Crippen LogP) is 1.42. The molecule has 0 spiro atoms. The van der Waals surface area contributed by atoms with Crippen molar-refractivity contribution in [1.29, 1.82) is 0 Å². The number of aryl methyl sites for hydroxylation is 2. The minimum atomic E-state index is -0.621. The highest BCUT2D eigenvalue weighted by Crippen LogP contribution is 2.32. The molecule has 2 aromatic rings. The van der Waals surface area contributed by atoms with E-state index in [1.54, 1.807) is 20.0 Å². The fraction of sp³-hybridized carbons (Fsp3) is 0.278. The maximum absolute atomic E-state index is 12.4. The summed E-state index contributed by atoms with van der Waals surface area (Å²) in [6.45, 7) is 3.44. The summed E-state index contributed by atoms with van der Waals surface area (Å²) in [5.41, 5.74) is 2.44. The summed E-state index contributed by atoms with van der Waals surface area (Å²) in [6, 6.07) is 0. The number of hydrogen-bond acceptors (Lipinski definition) is 7. The molecule has 0 atom stereocenters. The Morgan fingerprint density at radius 1 is 1.22 bits per heavy atom. The van der Waals surface area contributed by atoms with Crippen LogP contribution < -0.4 is 5.32 Å². The Labute approximate surface area is 154 Å². The fourth-order valence-corrected chi connectivity index (χ4v) is 2.92. The van der Waals surface area contributed by atoms with Crippen LogP contribution in [-0.2, 0) is 25.5 Å². The number of esters is 2. The molecule has 140 valence electrons. The van der Waals surface area contributed by atoms with Crippen LogP contribution in [0.25, 0.3) is 11.6 Å². The molecule has 0 fully saturated rings. The summed E-state index contributed by atoms with van der Waals surface area (Å²) in [4.78, 5) is 47.8. The van der Waals surface area contributed by atoms with Crippen LogP contribution in [0.4, 0.5) is 5.82 Å². The van der Waals surface area contributed by atoms with E-state index in [9.17, 15) is 14.4 Å². The zero-order valence-electron chi connectivity index (χ0n) is 15.3. The van der Waals surface area contributed by atoms with Crippen LogP contribution in [0.3, 0.4) is 0 Å². The fourth-order valence-electron chi connectivity index (χ4n) is 2.92. The van der Waals surface area contributed by atoms with Crippen molar-refractivity contribution < 1.29 is 23.9 Å². The van der Waals surface area contributed by atoms with E-state index < -0.39 is 11.9 Å². The first-order chi connectivity index (χ1) is 12.8. The van der Waals surface area contributed by atoms with E-state index in [1.165, 1.54) is 20.3 Å². The van der Waals surface area contributed by atoms with Crippen LogP contribution in [-0.4, -0.2) is 47.0 Å². The maximum Gasteiger partial charge on any atom is 0.340 e. The average molecular weight is 370 g/mol. The van der Waals surface area contributed by atoms with Gasteiger partial charge < -0.3 is 19.8 Å². The van der Waals surface area contributed by atoms with Crippen molar-refractivity contribution in [3.63, 3.8) is 0 Å². The van der Waals surface area contributed by atoms with Crippen LogP contribution in [0.2, 0.25) is 0 Å². The lowest BCUT2D eigenvalue weighted by molar-refractivity contribution is -0.139. The van der Waals surface area contributed by atoms with Crippen molar-refractivity contribution in [3.05, 3.63) is 40.1 Å². The van der Waals surface area contributed by atoms with Gasteiger partial charge in [-0.2, -0.15) is 0 Å². The van der Waals surface area contributed by atoms with Gasteiger partial charge in [-0.05, 0) is 25.5 Å². The molecule has 9 nitrogen and oxygen atoms in total. The Kier molecular flexibility index (Phi) is 4.76. The molecule has 3 heterocycles. The monoisotopic (exact) mass is 370 g/mol. The van der Waals surface area contributed by atoms with E-state index in [0.717, 1.165) is 0 Å². The summed E-state index contributed by atoms with van der Waals surface area (Å²) in [5, 5.41) is 2.67. The molecule has 0 radical (unpaired) electrons. The molecule has 27 heavy (non-hydrogen) atoms. The molecule has 2 N–H and O–H groups in total. The number of amides is 1. The highest BCUT2D eigenvalue weighted by atomic mass is 16.5. The van der Waals surface area contributed by atoms with Gasteiger partial charge in [0.1, 0.15) is 11.6 Å². The number of carbonyl (C=O) groups excluding carboxylic acids is 3. The number of anilines is 1. The van der Waals surface area contributed by atoms with Crippen molar-refractivity contribution in [2.75, 3.05) is 19.5 Å². The zero-order valence-corrected chi connectivity index (χ0v) is 15.3. The molecular weight excluding hydrogens is 352 g/mol. The lowest BCUT2D eigenvalue weighted by Gasteiger charge is -2.04. The molecule has 9 heteroatoms. The number of ether oxygens (including phenoxy) is 2. The standard InChI is InChI=1S/C18H18N4O5/c1-8-10(6-14(23)26-3)15(18(25)27-4)13(20-8)5-11-12-7-19-9(2)21-16(12)22-17(11)24/h5,7,20H,6H2,1-4H3,(H,19,21,22,24). The smallest absolute Gasteiger partial charge is 0.340 e. The largest absolute Gasteiger partial charge is 0.469 e. The molecule has 1 aliphatic heterocycles. The van der Waals surface area contributed by atoms with Gasteiger partial charge in [0.05, 0.1) is 37.5 Å². The quantitative estimate of drug-likeness (QED) is 0.616. The van der Waals surface area contributed by atoms with E-state index in [-0.39, 0.29) is 17.9 Å². The SMILES string of the molecule is COC(=O)Cc1c(C)[nH]c(C=C2C(=O)Nc3nc(C)ncc32)c1C(=O)OC. The second-order valence-electron chi connectivity index (χ2n) is 5.95. The summed E-state index contributed by atoms with van der Waals surface area (Å²) in [6.07, 6.45) is 2.97. The van der Waals surface area contributed by atoms with E-state index in [2.05, 4.69) is 20.3 Å². The minimum absolute atomic E-state index is 0.0997. The van der Waals surface area contributed by atoms with Gasteiger partial charge in [0, 0.05) is 17.5 Å². The first-order valence-electron chi connectivity index (χ1n) is 8.09. The molecule has 0 aromatic carbocycles. The number of methoxy groups -OCH3 is 2.